The van der Waals surface area contributed by atoms with E-state index in [9.17, 15) is 84.3 Å². The minimum atomic E-state index is -5.73. The van der Waals surface area contributed by atoms with E-state index in [4.69, 9.17) is 43.5 Å². The third-order valence-electron chi connectivity index (χ3n) is 9.17. The van der Waals surface area contributed by atoms with Crippen molar-refractivity contribution in [3.63, 3.8) is 0 Å². The van der Waals surface area contributed by atoms with Gasteiger partial charge in [-0.2, -0.15) is 4.98 Å². The SMILES string of the molecule is Nc1ccn(C2OC(COP(=O)(O)OC3(C(=O)O)CC(O)C(NC(=O)CNC(=O)CO[C@H]4OC(COP(=O)(O)O)[C@@H](O)C(O)[C@H]4O)C([C@H](O)[C@H](O)CO)O3)C(O)C2O)c(=O)n1. The number of aliphatic carboxylic acids is 1. The van der Waals surface area contributed by atoms with Gasteiger partial charge in [-0.3, -0.25) is 23.2 Å². The maximum Gasteiger partial charge on any atom is 0.475 e. The summed E-state index contributed by atoms with van der Waals surface area (Å²) in [5.41, 5.74) is 4.42. The van der Waals surface area contributed by atoms with Crippen molar-refractivity contribution in [3.8, 4) is 0 Å². The van der Waals surface area contributed by atoms with Crippen molar-refractivity contribution in [2.75, 3.05) is 38.7 Å². The zero-order chi connectivity index (χ0) is 45.8. The van der Waals surface area contributed by atoms with Crippen molar-refractivity contribution in [2.24, 2.45) is 0 Å². The van der Waals surface area contributed by atoms with Gasteiger partial charge in [-0.1, -0.05) is 0 Å². The molecule has 33 heteroatoms. The molecule has 4 heterocycles. The Kier molecular flexibility index (Phi) is 17.0. The van der Waals surface area contributed by atoms with Crippen LogP contribution in [-0.4, -0.2) is 211 Å². The zero-order valence-corrected chi connectivity index (χ0v) is 32.8. The van der Waals surface area contributed by atoms with Gasteiger partial charge in [0.05, 0.1) is 38.5 Å². The van der Waals surface area contributed by atoms with E-state index >= 15 is 0 Å². The smallest absolute Gasteiger partial charge is 0.475 e. The summed E-state index contributed by atoms with van der Waals surface area (Å²) in [6.45, 7) is -5.36. The quantitative estimate of drug-likeness (QED) is 0.0573. The summed E-state index contributed by atoms with van der Waals surface area (Å²) in [4.78, 5) is 81.8. The normalized spacial score (nSPS) is 35.1. The van der Waals surface area contributed by atoms with Gasteiger partial charge in [0.1, 0.15) is 73.5 Å². The van der Waals surface area contributed by atoms with Gasteiger partial charge in [-0.25, -0.2) is 23.2 Å². The highest BCUT2D eigenvalue weighted by Crippen LogP contribution is 2.51. The first-order valence-electron chi connectivity index (χ1n) is 17.5. The maximum atomic E-state index is 13.1. The number of hydrogen-bond acceptors (Lipinski definition) is 24. The summed E-state index contributed by atoms with van der Waals surface area (Å²) in [5, 5.41) is 107. The lowest BCUT2D eigenvalue weighted by molar-refractivity contribution is -0.298. The van der Waals surface area contributed by atoms with Crippen LogP contribution in [0.15, 0.2) is 17.1 Å². The van der Waals surface area contributed by atoms with Crippen LogP contribution in [0, 0.1) is 0 Å². The van der Waals surface area contributed by atoms with Crippen molar-refractivity contribution >= 4 is 39.2 Å². The molecule has 4 rings (SSSR count). The van der Waals surface area contributed by atoms with Gasteiger partial charge in [0, 0.05) is 12.6 Å². The first-order chi connectivity index (χ1) is 28.3. The Morgan fingerprint density at radius 1 is 0.951 bits per heavy atom. The van der Waals surface area contributed by atoms with Crippen LogP contribution in [0.2, 0.25) is 0 Å². The number of ether oxygens (including phenoxy) is 4. The van der Waals surface area contributed by atoms with E-state index in [1.807, 2.05) is 5.32 Å². The average Bonchev–Trinajstić information content (AvgIpc) is 3.46. The first kappa shape index (κ1) is 50.4. The summed E-state index contributed by atoms with van der Waals surface area (Å²) < 4.78 is 59.5. The zero-order valence-electron chi connectivity index (χ0n) is 31.0. The number of aliphatic hydroxyl groups excluding tert-OH is 9. The number of aromatic nitrogens is 2. The topological polar surface area (TPSA) is 498 Å². The number of carbonyl (C=O) groups excluding carboxylic acids is 2. The van der Waals surface area contributed by atoms with Crippen molar-refractivity contribution in [1.29, 1.82) is 0 Å². The molecule has 0 aromatic carbocycles. The first-order valence-corrected chi connectivity index (χ1v) is 20.5. The fourth-order valence-electron chi connectivity index (χ4n) is 6.07. The molecule has 3 fully saturated rings. The molecule has 3 aliphatic heterocycles. The summed E-state index contributed by atoms with van der Waals surface area (Å²) >= 11 is 0. The van der Waals surface area contributed by atoms with Crippen LogP contribution in [-0.2, 0) is 56.0 Å². The second-order valence-electron chi connectivity index (χ2n) is 13.6. The van der Waals surface area contributed by atoms with E-state index in [-0.39, 0.29) is 5.82 Å². The second kappa shape index (κ2) is 20.5. The highest BCUT2D eigenvalue weighted by atomic mass is 31.2. The van der Waals surface area contributed by atoms with Gasteiger partial charge in [-0.05, 0) is 6.07 Å². The van der Waals surface area contributed by atoms with Crippen LogP contribution in [0.1, 0.15) is 12.6 Å². The molecule has 31 nitrogen and oxygen atoms in total. The Morgan fingerprint density at radius 2 is 1.57 bits per heavy atom. The molecule has 16 atom stereocenters. The number of nitrogens with two attached hydrogens (primary N) is 1. The van der Waals surface area contributed by atoms with Gasteiger partial charge < -0.3 is 101 Å². The second-order valence-corrected chi connectivity index (χ2v) is 16.2. The summed E-state index contributed by atoms with van der Waals surface area (Å²) in [7, 11) is -10.8. The number of phosphoric ester groups is 2. The Balaban J connectivity index is 1.38. The number of phosphoric acid groups is 2. The number of nitrogens with zero attached hydrogens (tertiary/aromatic N) is 2. The van der Waals surface area contributed by atoms with Gasteiger partial charge in [-0.15, -0.1) is 0 Å². The number of carbonyl (C=O) groups is 3. The lowest BCUT2D eigenvalue weighted by atomic mass is 9.88. The lowest BCUT2D eigenvalue weighted by Crippen LogP contribution is -2.68. The summed E-state index contributed by atoms with van der Waals surface area (Å²) in [6, 6.07) is -0.784. The summed E-state index contributed by atoms with van der Waals surface area (Å²) in [6.07, 6.45) is -25.9. The predicted molar refractivity (Wildman–Crippen MR) is 186 cm³/mol. The van der Waals surface area contributed by atoms with Crippen molar-refractivity contribution in [1.82, 2.24) is 20.2 Å². The van der Waals surface area contributed by atoms with Crippen LogP contribution >= 0.6 is 15.6 Å². The minimum absolute atomic E-state index is 0.189. The third kappa shape index (κ3) is 12.7. The highest BCUT2D eigenvalue weighted by Gasteiger charge is 2.59. The molecule has 2 amide bonds. The predicted octanol–water partition coefficient (Wildman–Crippen LogP) is -9.24. The summed E-state index contributed by atoms with van der Waals surface area (Å²) in [5.74, 6) is -8.21. The van der Waals surface area contributed by atoms with Crippen molar-refractivity contribution in [3.05, 3.63) is 22.7 Å². The Hall–Kier alpha value is -3.21. The largest absolute Gasteiger partial charge is 0.477 e. The molecular weight excluding hydrogens is 884 g/mol. The van der Waals surface area contributed by atoms with Gasteiger partial charge >= 0.3 is 27.3 Å². The fraction of sp³-hybridized carbons (Fsp3) is 0.750. The van der Waals surface area contributed by atoms with Gasteiger partial charge in [0.15, 0.2) is 12.5 Å². The molecule has 11 unspecified atom stereocenters. The van der Waals surface area contributed by atoms with Crippen molar-refractivity contribution < 1.29 is 122 Å². The van der Waals surface area contributed by atoms with Crippen molar-refractivity contribution in [2.45, 2.75) is 97.9 Å². The Bertz CT molecular complexity index is 1860. The lowest BCUT2D eigenvalue weighted by Gasteiger charge is -2.46. The number of nitrogens with one attached hydrogen (secondary N) is 2. The standard InChI is InChI=1S/C28H45N5O26P2/c29-13-1-2-33(27(47)31-13)24-21(43)19(41)11(56-24)7-55-61(51,52)59-28(26(45)46)3-9(35)16(23(58-28)17(39)10(36)5-34)32-14(37)4-30-15(38)8-53-25-22(44)20(42)18(40)12(57-25)6-54-60(48,49)50/h1-2,9-12,16-25,34-36,39-44H,3-8H2,(H,30,38)(H,32,37)(H,45,46)(H,51,52)(H2,29,31,47)(H2,48,49,50)/t9?,10-,11?,12?,16?,17-,18-,19?,20?,21?,22-,23?,24?,25+,28?/m1/s1. The Labute approximate surface area is 340 Å². The molecule has 1 aromatic heterocycles. The third-order valence-corrected chi connectivity index (χ3v) is 10.7. The molecule has 0 radical (unpaired) electrons. The molecule has 3 saturated heterocycles. The van der Waals surface area contributed by atoms with E-state index in [0.717, 1.165) is 16.8 Å². The number of amides is 2. The molecule has 348 valence electrons. The highest BCUT2D eigenvalue weighted by molar-refractivity contribution is 7.47. The minimum Gasteiger partial charge on any atom is -0.477 e. The number of carboxylic acids is 1. The molecule has 61 heavy (non-hydrogen) atoms. The van der Waals surface area contributed by atoms with Gasteiger partial charge in [0.25, 0.3) is 5.79 Å². The van der Waals surface area contributed by atoms with E-state index in [0.29, 0.717) is 0 Å². The Morgan fingerprint density at radius 3 is 2.18 bits per heavy atom. The van der Waals surface area contributed by atoms with E-state index in [1.54, 1.807) is 0 Å². The van der Waals surface area contributed by atoms with Gasteiger partial charge in [0.2, 0.25) is 11.8 Å². The molecule has 17 N–H and O–H groups in total. The number of aliphatic hydroxyl groups is 9. The van der Waals surface area contributed by atoms with Crippen LogP contribution in [0.4, 0.5) is 5.82 Å². The van der Waals surface area contributed by atoms with E-state index in [1.165, 1.54) is 0 Å². The molecule has 0 aliphatic carbocycles. The van der Waals surface area contributed by atoms with E-state index < -0.39 is 170 Å². The van der Waals surface area contributed by atoms with Crippen LogP contribution in [0.3, 0.4) is 0 Å². The molecule has 0 saturated carbocycles. The number of hydrogen-bond donors (Lipinski definition) is 16. The van der Waals surface area contributed by atoms with Crippen LogP contribution < -0.4 is 22.1 Å². The molecule has 3 aliphatic rings. The monoisotopic (exact) mass is 929 g/mol. The van der Waals surface area contributed by atoms with E-state index in [2.05, 4.69) is 14.8 Å². The number of carboxylic acid groups (broad SMARTS) is 1. The fourth-order valence-corrected chi connectivity index (χ4v) is 7.37. The molecule has 0 spiro atoms. The molecular formula is C28H45N5O26P2. The van der Waals surface area contributed by atoms with Crippen LogP contribution in [0.25, 0.3) is 0 Å². The molecule has 1 aromatic rings. The number of nitrogen functional groups attached to an aromatic ring is 1. The molecule has 0 bridgehead atoms. The number of anilines is 1. The number of rotatable bonds is 19. The average molecular weight is 930 g/mol. The maximum absolute atomic E-state index is 13.1. The van der Waals surface area contributed by atoms with Crippen LogP contribution in [0.5, 0.6) is 0 Å².